The Balaban J connectivity index is 1.95. The lowest BCUT2D eigenvalue weighted by molar-refractivity contribution is 0.0292. The summed E-state index contributed by atoms with van der Waals surface area (Å²) in [4.78, 5) is 25.3. The van der Waals surface area contributed by atoms with Crippen molar-refractivity contribution in [1.29, 1.82) is 0 Å². The van der Waals surface area contributed by atoms with Crippen LogP contribution in [-0.4, -0.2) is 64.2 Å². The fraction of sp³-hybridized carbons (Fsp3) is 0.385. The van der Waals surface area contributed by atoms with Gasteiger partial charge in [-0.3, -0.25) is 4.79 Å². The fourth-order valence-corrected chi connectivity index (χ4v) is 3.92. The number of nitrogens with two attached hydrogens (primary N) is 4. The van der Waals surface area contributed by atoms with Crippen molar-refractivity contribution < 1.29 is 27.5 Å². The quantitative estimate of drug-likeness (QED) is 0.116. The number of amides is 2. The Morgan fingerprint density at radius 3 is 2.25 bits per heavy atom. The number of primary sulfonamides is 1. The number of sulfonamides is 1. The molecule has 2 amide bonds. The summed E-state index contributed by atoms with van der Waals surface area (Å²) in [7, 11) is -2.19. The molecule has 2 aromatic rings. The van der Waals surface area contributed by atoms with Gasteiger partial charge in [0.1, 0.15) is 17.0 Å². The molecule has 0 aliphatic carbocycles. The van der Waals surface area contributed by atoms with E-state index in [1.54, 1.807) is 27.8 Å². The highest BCUT2D eigenvalue weighted by atomic mass is 32.2. The highest BCUT2D eigenvalue weighted by Crippen LogP contribution is 2.32. The lowest BCUT2D eigenvalue weighted by Gasteiger charge is -2.24. The van der Waals surface area contributed by atoms with Gasteiger partial charge in [-0.15, -0.1) is 0 Å². The van der Waals surface area contributed by atoms with Gasteiger partial charge >= 0.3 is 6.09 Å². The molecule has 0 saturated heterocycles. The number of primary amides is 1. The van der Waals surface area contributed by atoms with Crippen molar-refractivity contribution >= 4 is 44.8 Å². The predicted octanol–water partition coefficient (Wildman–Crippen LogP) is 2.31. The first-order valence-electron chi connectivity index (χ1n) is 12.4. The van der Waals surface area contributed by atoms with Crippen molar-refractivity contribution in [2.45, 2.75) is 37.7 Å². The lowest BCUT2D eigenvalue weighted by Crippen LogP contribution is -2.35. The molecule has 0 spiro atoms. The van der Waals surface area contributed by atoms with Crippen molar-refractivity contribution in [2.24, 2.45) is 10.9 Å². The van der Waals surface area contributed by atoms with E-state index < -0.39 is 27.6 Å². The standard InChI is InChI=1S/C26H39N7O6S/c1-26(2,3)39-25(35)33(4)12-7-13-38-22-15-17(24(29)34)14-20(28)23(22)32-11-6-5-10-31-21-9-8-18(16-19(21)27)40(30,36)37/h5-6,8-9,14-16,31-32H,7,10-13,27-28H2,1-4H3,(H2,29,34)(H2,30,36,37)/b6-5+. The second-order valence-electron chi connectivity index (χ2n) is 9.93. The minimum Gasteiger partial charge on any atom is -0.491 e. The van der Waals surface area contributed by atoms with Crippen LogP contribution in [0, 0.1) is 0 Å². The maximum atomic E-state index is 12.1. The summed E-state index contributed by atoms with van der Waals surface area (Å²) in [5.41, 5.74) is 18.7. The first kappa shape index (κ1) is 32.0. The van der Waals surface area contributed by atoms with Gasteiger partial charge in [0.25, 0.3) is 0 Å². The number of nitrogen functional groups attached to an aromatic ring is 2. The zero-order valence-electron chi connectivity index (χ0n) is 23.2. The SMILES string of the molecule is CN(CCCOc1cc(C(N)=O)cc(N)c1NC/C=C/CNc1ccc(S(N)(=O)=O)cc1N)C(=O)OC(C)(C)C. The molecule has 0 aliphatic rings. The number of nitrogens with zero attached hydrogens (tertiary/aromatic N) is 1. The van der Waals surface area contributed by atoms with Gasteiger partial charge in [0, 0.05) is 32.2 Å². The Kier molecular flexibility index (Phi) is 11.0. The van der Waals surface area contributed by atoms with Crippen LogP contribution < -0.4 is 37.7 Å². The topological polar surface area (TPSA) is 218 Å². The van der Waals surface area contributed by atoms with E-state index in [0.717, 1.165) is 0 Å². The Morgan fingerprint density at radius 1 is 1.02 bits per heavy atom. The minimum absolute atomic E-state index is 0.0664. The number of ether oxygens (including phenoxy) is 2. The summed E-state index contributed by atoms with van der Waals surface area (Å²) in [6, 6.07) is 7.18. The van der Waals surface area contributed by atoms with E-state index in [-0.39, 0.29) is 28.4 Å². The van der Waals surface area contributed by atoms with E-state index in [1.807, 2.05) is 12.2 Å². The van der Waals surface area contributed by atoms with Gasteiger partial charge in [0.15, 0.2) is 0 Å². The molecule has 14 heteroatoms. The Bertz CT molecular complexity index is 1340. The van der Waals surface area contributed by atoms with Gasteiger partial charge in [0.2, 0.25) is 15.9 Å². The lowest BCUT2D eigenvalue weighted by atomic mass is 10.1. The van der Waals surface area contributed by atoms with E-state index in [0.29, 0.717) is 43.2 Å². The average Bonchev–Trinajstić information content (AvgIpc) is 2.83. The molecule has 0 aliphatic heterocycles. The number of rotatable bonds is 13. The zero-order chi connectivity index (χ0) is 30.1. The van der Waals surface area contributed by atoms with Gasteiger partial charge in [-0.05, 0) is 57.5 Å². The van der Waals surface area contributed by atoms with Gasteiger partial charge < -0.3 is 42.2 Å². The van der Waals surface area contributed by atoms with E-state index in [9.17, 15) is 18.0 Å². The summed E-state index contributed by atoms with van der Waals surface area (Å²) < 4.78 is 34.1. The molecule has 0 unspecified atom stereocenters. The third-order valence-electron chi connectivity index (χ3n) is 5.34. The van der Waals surface area contributed by atoms with Gasteiger partial charge in [-0.1, -0.05) is 12.2 Å². The summed E-state index contributed by atoms with van der Waals surface area (Å²) in [5.74, 6) is -0.293. The second kappa shape index (κ2) is 13.8. The predicted molar refractivity (Wildman–Crippen MR) is 157 cm³/mol. The highest BCUT2D eigenvalue weighted by Gasteiger charge is 2.19. The molecule has 2 aromatic carbocycles. The zero-order valence-corrected chi connectivity index (χ0v) is 24.0. The number of carbonyl (C=O) groups is 2. The maximum absolute atomic E-state index is 12.1. The Morgan fingerprint density at radius 2 is 1.68 bits per heavy atom. The number of carbonyl (C=O) groups excluding carboxylic acids is 2. The van der Waals surface area contributed by atoms with Crippen LogP contribution in [0.25, 0.3) is 0 Å². The average molecular weight is 578 g/mol. The van der Waals surface area contributed by atoms with Crippen molar-refractivity contribution in [2.75, 3.05) is 55.4 Å². The molecule has 40 heavy (non-hydrogen) atoms. The van der Waals surface area contributed by atoms with E-state index >= 15 is 0 Å². The molecule has 2 rings (SSSR count). The molecular weight excluding hydrogens is 538 g/mol. The van der Waals surface area contributed by atoms with E-state index in [2.05, 4.69) is 10.6 Å². The van der Waals surface area contributed by atoms with E-state index in [1.165, 1.54) is 35.2 Å². The fourth-order valence-electron chi connectivity index (χ4n) is 3.37. The van der Waals surface area contributed by atoms with Crippen molar-refractivity contribution in [1.82, 2.24) is 4.90 Å². The Hall–Kier alpha value is -4.17. The number of benzene rings is 2. The molecule has 13 nitrogen and oxygen atoms in total. The smallest absolute Gasteiger partial charge is 0.410 e. The molecule has 0 fully saturated rings. The number of anilines is 4. The van der Waals surface area contributed by atoms with Crippen molar-refractivity contribution in [3.05, 3.63) is 48.0 Å². The molecule has 0 atom stereocenters. The monoisotopic (exact) mass is 577 g/mol. The maximum Gasteiger partial charge on any atom is 0.410 e. The van der Waals surface area contributed by atoms with Crippen molar-refractivity contribution in [3.8, 4) is 5.75 Å². The van der Waals surface area contributed by atoms with Crippen LogP contribution in [0.2, 0.25) is 0 Å². The number of nitrogens with one attached hydrogen (secondary N) is 2. The summed E-state index contributed by atoms with van der Waals surface area (Å²) >= 11 is 0. The van der Waals surface area contributed by atoms with E-state index in [4.69, 9.17) is 31.8 Å². The first-order chi connectivity index (χ1) is 18.6. The first-order valence-corrected chi connectivity index (χ1v) is 14.0. The van der Waals surface area contributed by atoms with Crippen LogP contribution in [0.1, 0.15) is 37.6 Å². The van der Waals surface area contributed by atoms with Crippen LogP contribution >= 0.6 is 0 Å². The largest absolute Gasteiger partial charge is 0.491 e. The molecule has 0 bridgehead atoms. The summed E-state index contributed by atoms with van der Waals surface area (Å²) in [5, 5.41) is 11.4. The summed E-state index contributed by atoms with van der Waals surface area (Å²) in [6.45, 7) is 6.82. The normalized spacial score (nSPS) is 11.7. The van der Waals surface area contributed by atoms with Crippen LogP contribution in [-0.2, 0) is 14.8 Å². The minimum atomic E-state index is -3.83. The molecule has 0 radical (unpaired) electrons. The molecule has 0 aromatic heterocycles. The molecule has 0 heterocycles. The second-order valence-corrected chi connectivity index (χ2v) is 11.5. The van der Waals surface area contributed by atoms with Crippen LogP contribution in [0.15, 0.2) is 47.4 Å². The number of hydrogen-bond donors (Lipinski definition) is 6. The van der Waals surface area contributed by atoms with Gasteiger partial charge in [-0.25, -0.2) is 18.4 Å². The van der Waals surface area contributed by atoms with Crippen LogP contribution in [0.4, 0.5) is 27.5 Å². The van der Waals surface area contributed by atoms with Gasteiger partial charge in [-0.2, -0.15) is 0 Å². The Labute approximate surface area is 234 Å². The molecule has 10 N–H and O–H groups in total. The van der Waals surface area contributed by atoms with Crippen LogP contribution in [0.5, 0.6) is 5.75 Å². The van der Waals surface area contributed by atoms with Crippen molar-refractivity contribution in [3.63, 3.8) is 0 Å². The third kappa shape index (κ3) is 10.2. The highest BCUT2D eigenvalue weighted by molar-refractivity contribution is 7.89. The number of hydrogen-bond acceptors (Lipinski definition) is 10. The molecular formula is C26H39N7O6S. The third-order valence-corrected chi connectivity index (χ3v) is 6.25. The van der Waals surface area contributed by atoms with Crippen LogP contribution in [0.3, 0.4) is 0 Å². The molecule has 220 valence electrons. The summed E-state index contributed by atoms with van der Waals surface area (Å²) in [6.07, 6.45) is 3.74. The van der Waals surface area contributed by atoms with Gasteiger partial charge in [0.05, 0.1) is 28.6 Å². The molecule has 0 saturated carbocycles.